The minimum Gasteiger partial charge on any atom is -0.504 e. The van der Waals surface area contributed by atoms with Gasteiger partial charge in [-0.25, -0.2) is 0 Å². The van der Waals surface area contributed by atoms with Crippen molar-refractivity contribution in [1.82, 2.24) is 0 Å². The minimum absolute atomic E-state index is 0.0258. The number of rotatable bonds is 2. The van der Waals surface area contributed by atoms with Gasteiger partial charge < -0.3 is 9.47 Å². The van der Waals surface area contributed by atoms with Gasteiger partial charge in [0.2, 0.25) is 0 Å². The topological polar surface area (TPSA) is 35.5 Å². The van der Waals surface area contributed by atoms with Gasteiger partial charge in [0.1, 0.15) is 5.75 Å². The molecule has 1 aliphatic rings. The van der Waals surface area contributed by atoms with Crippen molar-refractivity contribution in [3.63, 3.8) is 0 Å². The van der Waals surface area contributed by atoms with E-state index < -0.39 is 0 Å². The Kier molecular flexibility index (Phi) is 3.73. The molecule has 0 radical (unpaired) electrons. The predicted octanol–water partition coefficient (Wildman–Crippen LogP) is 3.85. The molecule has 0 spiro atoms. The van der Waals surface area contributed by atoms with Crippen molar-refractivity contribution in [2.75, 3.05) is 13.7 Å². The van der Waals surface area contributed by atoms with E-state index in [1.54, 1.807) is 7.11 Å². The van der Waals surface area contributed by atoms with Crippen LogP contribution in [0.25, 0.3) is 11.1 Å². The average Bonchev–Trinajstić information content (AvgIpc) is 2.68. The van der Waals surface area contributed by atoms with Crippen molar-refractivity contribution in [3.05, 3.63) is 65.9 Å². The summed E-state index contributed by atoms with van der Waals surface area (Å²) in [6.07, 6.45) is 2.07. The van der Waals surface area contributed by atoms with Crippen LogP contribution in [0.2, 0.25) is 0 Å². The second-order valence-electron chi connectivity index (χ2n) is 4.88. The summed E-state index contributed by atoms with van der Waals surface area (Å²) in [6.45, 7) is 0.485. The van der Waals surface area contributed by atoms with Gasteiger partial charge >= 0.3 is 0 Å². The molecule has 3 nitrogen and oxygen atoms in total. The molecule has 0 unspecified atom stereocenters. The lowest BCUT2D eigenvalue weighted by Crippen LogP contribution is -2.03. The predicted molar refractivity (Wildman–Crippen MR) is 81.4 cm³/mol. The molecule has 2 aromatic carbocycles. The largest absolute Gasteiger partial charge is 0.504 e. The highest BCUT2D eigenvalue weighted by atomic mass is 16.5. The smallest absolute Gasteiger partial charge is 0.195 e. The Hall–Kier alpha value is -2.55. The van der Waals surface area contributed by atoms with E-state index in [0.29, 0.717) is 29.9 Å². The summed E-state index contributed by atoms with van der Waals surface area (Å²) in [4.78, 5) is 12.6. The van der Waals surface area contributed by atoms with Crippen LogP contribution in [0.4, 0.5) is 0 Å². The quantitative estimate of drug-likeness (QED) is 0.619. The molecule has 21 heavy (non-hydrogen) atoms. The van der Waals surface area contributed by atoms with E-state index in [0.717, 1.165) is 11.1 Å². The van der Waals surface area contributed by atoms with E-state index in [2.05, 4.69) is 0 Å². The Bertz CT molecular complexity index is 687. The van der Waals surface area contributed by atoms with Crippen LogP contribution in [-0.4, -0.2) is 19.5 Å². The van der Waals surface area contributed by atoms with E-state index in [-0.39, 0.29) is 5.78 Å². The van der Waals surface area contributed by atoms with Gasteiger partial charge in [0.15, 0.2) is 5.78 Å². The van der Waals surface area contributed by atoms with Crippen LogP contribution in [0.5, 0.6) is 5.75 Å². The molecule has 0 atom stereocenters. The van der Waals surface area contributed by atoms with Gasteiger partial charge in [0, 0.05) is 12.0 Å². The Labute approximate surface area is 123 Å². The van der Waals surface area contributed by atoms with Crippen molar-refractivity contribution in [1.29, 1.82) is 0 Å². The number of hydrogen-bond donors (Lipinski definition) is 0. The van der Waals surface area contributed by atoms with Gasteiger partial charge in [0.25, 0.3) is 0 Å². The van der Waals surface area contributed by atoms with E-state index in [4.69, 9.17) is 9.47 Å². The van der Waals surface area contributed by atoms with Crippen LogP contribution in [0.15, 0.2) is 60.4 Å². The fourth-order valence-electron chi connectivity index (χ4n) is 2.46. The molecule has 1 heterocycles. The number of carbonyl (C=O) groups excluding carboxylic acids is 1. The van der Waals surface area contributed by atoms with Crippen molar-refractivity contribution in [2.45, 2.75) is 6.42 Å². The maximum atomic E-state index is 12.6. The van der Waals surface area contributed by atoms with Crippen molar-refractivity contribution >= 4 is 5.78 Å². The lowest BCUT2D eigenvalue weighted by Gasteiger charge is -2.08. The SMILES string of the molecule is CO/C=C1/CCOc2ccc(-c3ccccc3)cc2C1=O. The number of fused-ring (bicyclic) bond motifs is 1. The number of Topliss-reactive ketones (excluding diaryl/α,β-unsaturated/α-hetero) is 1. The summed E-state index contributed by atoms with van der Waals surface area (Å²) in [5.74, 6) is 0.612. The average molecular weight is 280 g/mol. The molecule has 3 heteroatoms. The zero-order chi connectivity index (χ0) is 14.7. The molecule has 0 fully saturated rings. The van der Waals surface area contributed by atoms with Crippen molar-refractivity contribution in [2.24, 2.45) is 0 Å². The van der Waals surface area contributed by atoms with Crippen LogP contribution in [0.3, 0.4) is 0 Å². The van der Waals surface area contributed by atoms with Gasteiger partial charge in [-0.05, 0) is 23.3 Å². The van der Waals surface area contributed by atoms with Crippen LogP contribution in [0, 0.1) is 0 Å². The van der Waals surface area contributed by atoms with Crippen LogP contribution in [0.1, 0.15) is 16.8 Å². The summed E-state index contributed by atoms with van der Waals surface area (Å²) < 4.78 is 10.7. The maximum absolute atomic E-state index is 12.6. The maximum Gasteiger partial charge on any atom is 0.195 e. The number of ether oxygens (including phenoxy) is 2. The third-order valence-electron chi connectivity index (χ3n) is 3.51. The molecule has 0 aliphatic carbocycles. The number of hydrogen-bond acceptors (Lipinski definition) is 3. The number of benzene rings is 2. The third kappa shape index (κ3) is 2.68. The summed E-state index contributed by atoms with van der Waals surface area (Å²) in [5.41, 5.74) is 3.32. The first kappa shape index (κ1) is 13.4. The molecule has 0 saturated heterocycles. The Morgan fingerprint density at radius 1 is 1.10 bits per heavy atom. The highest BCUT2D eigenvalue weighted by molar-refractivity contribution is 6.11. The Morgan fingerprint density at radius 2 is 1.90 bits per heavy atom. The van der Waals surface area contributed by atoms with Gasteiger partial charge in [-0.3, -0.25) is 4.79 Å². The number of ketones is 1. The third-order valence-corrected chi connectivity index (χ3v) is 3.51. The zero-order valence-electron chi connectivity index (χ0n) is 11.8. The summed E-state index contributed by atoms with van der Waals surface area (Å²) in [6, 6.07) is 15.7. The Morgan fingerprint density at radius 3 is 2.67 bits per heavy atom. The lowest BCUT2D eigenvalue weighted by atomic mass is 9.97. The van der Waals surface area contributed by atoms with Gasteiger partial charge in [0.05, 0.1) is 25.5 Å². The van der Waals surface area contributed by atoms with Gasteiger partial charge in [-0.15, -0.1) is 0 Å². The standard InChI is InChI=1S/C18H16O3/c1-20-12-15-9-10-21-17-8-7-14(11-16(17)18(15)19)13-5-3-2-4-6-13/h2-8,11-12H,9-10H2,1H3/b15-12-. The molecule has 3 rings (SSSR count). The van der Waals surface area contributed by atoms with Crippen LogP contribution >= 0.6 is 0 Å². The molecule has 0 amide bonds. The zero-order valence-corrected chi connectivity index (χ0v) is 11.8. The number of methoxy groups -OCH3 is 1. The minimum atomic E-state index is -0.0258. The number of carbonyl (C=O) groups is 1. The molecule has 0 aromatic heterocycles. The molecule has 0 N–H and O–H groups in total. The van der Waals surface area contributed by atoms with E-state index >= 15 is 0 Å². The summed E-state index contributed by atoms with van der Waals surface area (Å²) in [5, 5.41) is 0. The van der Waals surface area contributed by atoms with Crippen LogP contribution < -0.4 is 4.74 Å². The molecule has 0 saturated carbocycles. The highest BCUT2D eigenvalue weighted by Crippen LogP contribution is 2.31. The molecular formula is C18H16O3. The first-order chi connectivity index (χ1) is 10.3. The van der Waals surface area contributed by atoms with Crippen molar-refractivity contribution < 1.29 is 14.3 Å². The summed E-state index contributed by atoms with van der Waals surface area (Å²) in [7, 11) is 1.55. The first-order valence-corrected chi connectivity index (χ1v) is 6.88. The second kappa shape index (κ2) is 5.83. The van der Waals surface area contributed by atoms with Gasteiger partial charge in [-0.1, -0.05) is 36.4 Å². The van der Waals surface area contributed by atoms with E-state index in [9.17, 15) is 4.79 Å². The summed E-state index contributed by atoms with van der Waals surface area (Å²) >= 11 is 0. The molecule has 2 aromatic rings. The fraction of sp³-hybridized carbons (Fsp3) is 0.167. The highest BCUT2D eigenvalue weighted by Gasteiger charge is 2.22. The fourth-order valence-corrected chi connectivity index (χ4v) is 2.46. The molecule has 1 aliphatic heterocycles. The van der Waals surface area contributed by atoms with E-state index in [1.807, 2.05) is 48.5 Å². The van der Waals surface area contributed by atoms with Crippen molar-refractivity contribution in [3.8, 4) is 16.9 Å². The van der Waals surface area contributed by atoms with E-state index in [1.165, 1.54) is 6.26 Å². The first-order valence-electron chi connectivity index (χ1n) is 6.88. The monoisotopic (exact) mass is 280 g/mol. The molecule has 106 valence electrons. The second-order valence-corrected chi connectivity index (χ2v) is 4.88. The normalized spacial score (nSPS) is 16.0. The lowest BCUT2D eigenvalue weighted by molar-refractivity contribution is 0.102. The van der Waals surface area contributed by atoms with Gasteiger partial charge in [-0.2, -0.15) is 0 Å². The van der Waals surface area contributed by atoms with Crippen LogP contribution in [-0.2, 0) is 4.74 Å². The molecular weight excluding hydrogens is 264 g/mol. The molecule has 0 bridgehead atoms. The Balaban J connectivity index is 2.07.